The number of piperidine rings is 3. The standard InChI is InChI=1S/C43H36F6N4OS/c1-2-25-23-53-16-14-26(25)18-39(53)40(54-24-37-33-9-5-3-7-27(33)17-28-8-4-6-10-34(28)37)35-13-15-50-38-12-11-31(22-36(35)38)51-41(55)52-32-20-29(42(44,45)46)19-30(21-32)43(47,48)49/h2-13,15,17,19-22,25-26,39-40H,1,14,16,18,23-24H2,(H2,51,52,55)/t25?,26?,39?,40-/m0/s1. The fourth-order valence-corrected chi connectivity index (χ4v) is 8.59. The third-order valence-corrected chi connectivity index (χ3v) is 11.2. The van der Waals surface area contributed by atoms with Gasteiger partial charge in [-0.1, -0.05) is 54.6 Å². The lowest BCUT2D eigenvalue weighted by atomic mass is 9.73. The van der Waals surface area contributed by atoms with Crippen molar-refractivity contribution in [2.75, 3.05) is 23.7 Å². The lowest BCUT2D eigenvalue weighted by Gasteiger charge is -2.51. The summed E-state index contributed by atoms with van der Waals surface area (Å²) in [6, 6.07) is 27.4. The van der Waals surface area contributed by atoms with Crippen LogP contribution in [0.4, 0.5) is 37.7 Å². The van der Waals surface area contributed by atoms with Crippen LogP contribution in [0.3, 0.4) is 0 Å². The zero-order valence-corrected chi connectivity index (χ0v) is 30.2. The molecule has 5 aromatic carbocycles. The maximum absolute atomic E-state index is 13.5. The molecule has 5 atom stereocenters. The molecule has 0 aliphatic carbocycles. The Morgan fingerprint density at radius 2 is 1.49 bits per heavy atom. The van der Waals surface area contributed by atoms with Crippen LogP contribution in [0.1, 0.15) is 41.2 Å². The Kier molecular flexibility index (Phi) is 9.77. The molecule has 0 spiro atoms. The van der Waals surface area contributed by atoms with Crippen molar-refractivity contribution >= 4 is 61.2 Å². The summed E-state index contributed by atoms with van der Waals surface area (Å²) in [5.74, 6) is 0.870. The second kappa shape index (κ2) is 14.6. The number of nitrogens with zero attached hydrogens (tertiary/aromatic N) is 2. The zero-order chi connectivity index (χ0) is 38.5. The molecule has 4 heterocycles. The molecule has 282 valence electrons. The molecule has 12 heteroatoms. The van der Waals surface area contributed by atoms with Gasteiger partial charge in [0.2, 0.25) is 0 Å². The van der Waals surface area contributed by atoms with Gasteiger partial charge in [-0.15, -0.1) is 6.58 Å². The van der Waals surface area contributed by atoms with Gasteiger partial charge < -0.3 is 15.4 Å². The van der Waals surface area contributed by atoms with Crippen LogP contribution in [-0.4, -0.2) is 34.1 Å². The number of benzene rings is 5. The number of alkyl halides is 6. The summed E-state index contributed by atoms with van der Waals surface area (Å²) >= 11 is 5.39. The highest BCUT2D eigenvalue weighted by Crippen LogP contribution is 2.45. The maximum atomic E-state index is 13.5. The van der Waals surface area contributed by atoms with Crippen LogP contribution in [0.15, 0.2) is 116 Å². The first kappa shape index (κ1) is 36.9. The zero-order valence-electron chi connectivity index (χ0n) is 29.4. The van der Waals surface area contributed by atoms with E-state index in [0.29, 0.717) is 41.8 Å². The number of rotatable bonds is 8. The number of aromatic nitrogens is 1. The summed E-state index contributed by atoms with van der Waals surface area (Å²) in [5, 5.41) is 10.6. The highest BCUT2D eigenvalue weighted by molar-refractivity contribution is 7.80. The smallest absolute Gasteiger partial charge is 0.367 e. The van der Waals surface area contributed by atoms with E-state index in [1.54, 1.807) is 18.3 Å². The highest BCUT2D eigenvalue weighted by Gasteiger charge is 2.43. The minimum absolute atomic E-state index is 0.0601. The quantitative estimate of drug-likeness (QED) is 0.0696. The van der Waals surface area contributed by atoms with Crippen molar-refractivity contribution in [2.45, 2.75) is 43.9 Å². The van der Waals surface area contributed by atoms with Crippen LogP contribution >= 0.6 is 12.2 Å². The Labute approximate surface area is 319 Å². The van der Waals surface area contributed by atoms with Crippen LogP contribution in [-0.2, 0) is 23.7 Å². The van der Waals surface area contributed by atoms with Crippen molar-refractivity contribution in [3.8, 4) is 0 Å². The summed E-state index contributed by atoms with van der Waals surface area (Å²) in [6.45, 7) is 6.28. The van der Waals surface area contributed by atoms with E-state index < -0.39 is 29.2 Å². The third kappa shape index (κ3) is 7.50. The van der Waals surface area contributed by atoms with Gasteiger partial charge in [0.1, 0.15) is 0 Å². The lowest BCUT2D eigenvalue weighted by Crippen LogP contribution is -2.55. The average Bonchev–Trinajstić information content (AvgIpc) is 3.17. The second-order valence-electron chi connectivity index (χ2n) is 14.3. The summed E-state index contributed by atoms with van der Waals surface area (Å²) in [5.41, 5.74) is -0.156. The molecule has 3 fully saturated rings. The number of pyridine rings is 1. The minimum Gasteiger partial charge on any atom is -0.367 e. The Balaban J connectivity index is 1.14. The van der Waals surface area contributed by atoms with Crippen molar-refractivity contribution in [1.29, 1.82) is 0 Å². The van der Waals surface area contributed by atoms with E-state index >= 15 is 0 Å². The van der Waals surface area contributed by atoms with Crippen LogP contribution in [0.5, 0.6) is 0 Å². The van der Waals surface area contributed by atoms with E-state index in [1.165, 1.54) is 0 Å². The van der Waals surface area contributed by atoms with E-state index in [0.717, 1.165) is 64.0 Å². The van der Waals surface area contributed by atoms with Crippen LogP contribution in [0, 0.1) is 11.8 Å². The van der Waals surface area contributed by atoms with Crippen LogP contribution in [0.2, 0.25) is 0 Å². The predicted molar refractivity (Wildman–Crippen MR) is 209 cm³/mol. The Morgan fingerprint density at radius 3 is 2.11 bits per heavy atom. The van der Waals surface area contributed by atoms with Gasteiger partial charge in [0.25, 0.3) is 0 Å². The molecule has 55 heavy (non-hydrogen) atoms. The number of halogens is 6. The molecule has 3 aliphatic heterocycles. The molecule has 0 saturated carbocycles. The highest BCUT2D eigenvalue weighted by atomic mass is 32.1. The number of hydrogen-bond donors (Lipinski definition) is 2. The Bertz CT molecular complexity index is 2350. The SMILES string of the molecule is C=CC1CN2CCC1CC2[C@@H](OCc1c2ccccc2cc2ccccc12)c1ccnc2ccc(NC(=S)Nc3cc(C(F)(F)F)cc(C(F)(F)F)c3)cc12. The van der Waals surface area contributed by atoms with Crippen molar-refractivity contribution in [3.63, 3.8) is 0 Å². The van der Waals surface area contributed by atoms with Gasteiger partial charge in [-0.2, -0.15) is 26.3 Å². The molecule has 0 amide bonds. The van der Waals surface area contributed by atoms with Gasteiger partial charge >= 0.3 is 12.4 Å². The van der Waals surface area contributed by atoms with Gasteiger partial charge in [0.05, 0.1) is 29.4 Å². The molecule has 1 aromatic heterocycles. The largest absolute Gasteiger partial charge is 0.416 e. The van der Waals surface area contributed by atoms with Crippen molar-refractivity contribution in [3.05, 3.63) is 138 Å². The summed E-state index contributed by atoms with van der Waals surface area (Å²) in [4.78, 5) is 7.12. The third-order valence-electron chi connectivity index (χ3n) is 11.0. The van der Waals surface area contributed by atoms with E-state index in [-0.39, 0.29) is 23.3 Å². The topological polar surface area (TPSA) is 49.4 Å². The van der Waals surface area contributed by atoms with Crippen LogP contribution < -0.4 is 10.6 Å². The van der Waals surface area contributed by atoms with Gasteiger partial charge in [-0.3, -0.25) is 9.88 Å². The molecular formula is C43H36F6N4OS. The normalized spacial score (nSPS) is 20.5. The lowest BCUT2D eigenvalue weighted by molar-refractivity contribution is -0.143. The first-order valence-corrected chi connectivity index (χ1v) is 18.4. The molecule has 6 aromatic rings. The monoisotopic (exact) mass is 770 g/mol. The number of thiocarbonyl (C=S) groups is 1. The molecule has 2 bridgehead atoms. The van der Waals surface area contributed by atoms with E-state index in [4.69, 9.17) is 17.0 Å². The fraction of sp³-hybridized carbons (Fsp3) is 0.256. The molecule has 4 unspecified atom stereocenters. The maximum Gasteiger partial charge on any atom is 0.416 e. The van der Waals surface area contributed by atoms with E-state index in [9.17, 15) is 26.3 Å². The van der Waals surface area contributed by atoms with Crippen molar-refractivity contribution < 1.29 is 31.1 Å². The number of hydrogen-bond acceptors (Lipinski definition) is 4. The second-order valence-corrected chi connectivity index (χ2v) is 14.7. The Morgan fingerprint density at radius 1 is 0.836 bits per heavy atom. The molecule has 5 nitrogen and oxygen atoms in total. The summed E-state index contributed by atoms with van der Waals surface area (Å²) in [6.07, 6.45) is -4.53. The van der Waals surface area contributed by atoms with Gasteiger partial charge in [0.15, 0.2) is 5.11 Å². The van der Waals surface area contributed by atoms with Gasteiger partial charge in [-0.05, 0) is 125 Å². The van der Waals surface area contributed by atoms with E-state index in [1.807, 2.05) is 36.4 Å². The number of nitrogens with one attached hydrogen (secondary N) is 2. The minimum atomic E-state index is -4.99. The van der Waals surface area contributed by atoms with E-state index in [2.05, 4.69) is 63.5 Å². The number of anilines is 2. The molecular weight excluding hydrogens is 735 g/mol. The first-order valence-electron chi connectivity index (χ1n) is 18.0. The molecule has 3 saturated heterocycles. The summed E-state index contributed by atoms with van der Waals surface area (Å²) in [7, 11) is 0. The van der Waals surface area contributed by atoms with Gasteiger partial charge in [0, 0.05) is 35.5 Å². The van der Waals surface area contributed by atoms with Gasteiger partial charge in [-0.25, -0.2) is 0 Å². The molecule has 2 N–H and O–H groups in total. The number of fused-ring (bicyclic) bond motifs is 6. The summed E-state index contributed by atoms with van der Waals surface area (Å²) < 4.78 is 88.2. The van der Waals surface area contributed by atoms with Crippen LogP contribution in [0.25, 0.3) is 32.4 Å². The Hall–Kier alpha value is -5.04. The van der Waals surface area contributed by atoms with Crippen molar-refractivity contribution in [1.82, 2.24) is 9.88 Å². The fourth-order valence-electron chi connectivity index (χ4n) is 8.35. The molecule has 0 radical (unpaired) electrons. The predicted octanol–water partition coefficient (Wildman–Crippen LogP) is 11.5. The first-order chi connectivity index (χ1) is 26.4. The molecule has 9 rings (SSSR count). The number of ether oxygens (including phenoxy) is 1. The molecule has 3 aliphatic rings. The average molecular weight is 771 g/mol. The van der Waals surface area contributed by atoms with Crippen molar-refractivity contribution in [2.24, 2.45) is 11.8 Å².